The molecular weight excluding hydrogens is 228 g/mol. The fourth-order valence-corrected chi connectivity index (χ4v) is 3.87. The van der Waals surface area contributed by atoms with Crippen LogP contribution in [-0.2, 0) is 9.53 Å². The Hall–Kier alpha value is -0.610. The number of likely N-dealkylation sites (N-methyl/N-ethyl adjacent to an activating group) is 1. The summed E-state index contributed by atoms with van der Waals surface area (Å²) in [5.74, 6) is 0.0567. The van der Waals surface area contributed by atoms with Gasteiger partial charge in [0.05, 0.1) is 12.1 Å². The van der Waals surface area contributed by atoms with Crippen LogP contribution in [0.1, 0.15) is 46.0 Å². The third-order valence-corrected chi connectivity index (χ3v) is 4.85. The van der Waals surface area contributed by atoms with Gasteiger partial charge in [0.15, 0.2) is 0 Å². The highest BCUT2D eigenvalue weighted by molar-refractivity contribution is 5.81. The van der Waals surface area contributed by atoms with E-state index < -0.39 is 6.04 Å². The molecule has 0 aromatic heterocycles. The molecule has 18 heavy (non-hydrogen) atoms. The number of rotatable bonds is 4. The Kier molecular flexibility index (Phi) is 3.97. The first-order valence-electron chi connectivity index (χ1n) is 7.16. The lowest BCUT2D eigenvalue weighted by Crippen LogP contribution is -2.65. The number of carbonyl (C=O) groups is 1. The second-order valence-electron chi connectivity index (χ2n) is 5.87. The Morgan fingerprint density at radius 2 is 2.11 bits per heavy atom. The van der Waals surface area contributed by atoms with Crippen molar-refractivity contribution in [2.75, 3.05) is 13.7 Å². The zero-order chi connectivity index (χ0) is 13.3. The summed E-state index contributed by atoms with van der Waals surface area (Å²) in [5.41, 5.74) is 5.93. The minimum Gasteiger partial charge on any atom is -0.378 e. The molecule has 0 radical (unpaired) electrons. The molecule has 2 unspecified atom stereocenters. The van der Waals surface area contributed by atoms with Gasteiger partial charge in [0.1, 0.15) is 0 Å². The molecule has 2 fully saturated rings. The highest BCUT2D eigenvalue weighted by Gasteiger charge is 2.58. The fraction of sp³-hybridized carbons (Fsp3) is 0.929. The Morgan fingerprint density at radius 3 is 2.61 bits per heavy atom. The minimum absolute atomic E-state index is 0.0567. The number of ether oxygens (including phenoxy) is 1. The Bertz CT molecular complexity index is 311. The number of amides is 1. The number of nitrogens with zero attached hydrogens (tertiary/aromatic N) is 1. The van der Waals surface area contributed by atoms with Crippen LogP contribution in [0.25, 0.3) is 0 Å². The summed E-state index contributed by atoms with van der Waals surface area (Å²) < 4.78 is 5.87. The van der Waals surface area contributed by atoms with Crippen molar-refractivity contribution >= 4 is 5.91 Å². The molecule has 2 saturated carbocycles. The van der Waals surface area contributed by atoms with Crippen LogP contribution in [-0.4, -0.2) is 42.6 Å². The second-order valence-corrected chi connectivity index (χ2v) is 5.87. The molecule has 0 saturated heterocycles. The molecule has 1 amide bonds. The number of hydrogen-bond donors (Lipinski definition) is 1. The summed E-state index contributed by atoms with van der Waals surface area (Å²) in [7, 11) is 1.90. The maximum absolute atomic E-state index is 12.0. The van der Waals surface area contributed by atoms with Gasteiger partial charge in [-0.05, 0) is 33.1 Å². The predicted molar refractivity (Wildman–Crippen MR) is 71.1 cm³/mol. The average molecular weight is 254 g/mol. The molecular formula is C14H26N2O2. The molecule has 2 rings (SSSR count). The smallest absolute Gasteiger partial charge is 0.239 e. The Balaban J connectivity index is 2.08. The third kappa shape index (κ3) is 2.05. The first kappa shape index (κ1) is 13.8. The van der Waals surface area contributed by atoms with E-state index in [1.807, 2.05) is 18.9 Å². The van der Waals surface area contributed by atoms with Crippen molar-refractivity contribution in [1.82, 2.24) is 4.90 Å². The standard InChI is InChI=1S/C14H26N2O2/c1-4-18-12-9-11(14(12)7-5-6-8-14)16(3)13(17)10(2)15/h10-12H,4-9,15H2,1-3H3/t10-,11?,12?/m0/s1. The van der Waals surface area contributed by atoms with Crippen LogP contribution in [0.2, 0.25) is 0 Å². The van der Waals surface area contributed by atoms with E-state index in [-0.39, 0.29) is 11.3 Å². The summed E-state index contributed by atoms with van der Waals surface area (Å²) in [6.45, 7) is 4.58. The van der Waals surface area contributed by atoms with Crippen LogP contribution in [0, 0.1) is 5.41 Å². The average Bonchev–Trinajstić information content (AvgIpc) is 2.84. The highest BCUT2D eigenvalue weighted by Crippen LogP contribution is 2.56. The van der Waals surface area contributed by atoms with Gasteiger partial charge in [-0.1, -0.05) is 12.8 Å². The predicted octanol–water partition coefficient (Wildman–Crippen LogP) is 1.53. The van der Waals surface area contributed by atoms with Crippen LogP contribution in [0.4, 0.5) is 0 Å². The fourth-order valence-electron chi connectivity index (χ4n) is 3.87. The molecule has 0 aromatic carbocycles. The number of carbonyl (C=O) groups excluding carboxylic acids is 1. The van der Waals surface area contributed by atoms with Crippen LogP contribution in [0.3, 0.4) is 0 Å². The highest BCUT2D eigenvalue weighted by atomic mass is 16.5. The molecule has 4 nitrogen and oxygen atoms in total. The van der Waals surface area contributed by atoms with Crippen molar-refractivity contribution in [2.45, 2.75) is 64.1 Å². The van der Waals surface area contributed by atoms with Gasteiger partial charge in [-0.3, -0.25) is 4.79 Å². The summed E-state index contributed by atoms with van der Waals surface area (Å²) in [4.78, 5) is 13.9. The van der Waals surface area contributed by atoms with Crippen molar-refractivity contribution in [2.24, 2.45) is 11.1 Å². The van der Waals surface area contributed by atoms with Gasteiger partial charge >= 0.3 is 0 Å². The molecule has 0 heterocycles. The molecule has 3 atom stereocenters. The van der Waals surface area contributed by atoms with E-state index in [0.717, 1.165) is 13.0 Å². The SMILES string of the molecule is CCOC1CC(N(C)C(=O)[C@H](C)N)C12CCCC2. The first-order valence-corrected chi connectivity index (χ1v) is 7.16. The summed E-state index contributed by atoms with van der Waals surface area (Å²) >= 11 is 0. The Labute approximate surface area is 110 Å². The molecule has 0 bridgehead atoms. The van der Waals surface area contributed by atoms with E-state index in [2.05, 4.69) is 0 Å². The quantitative estimate of drug-likeness (QED) is 0.827. The molecule has 104 valence electrons. The van der Waals surface area contributed by atoms with Crippen molar-refractivity contribution < 1.29 is 9.53 Å². The lowest BCUT2D eigenvalue weighted by Gasteiger charge is -2.57. The first-order chi connectivity index (χ1) is 8.53. The van der Waals surface area contributed by atoms with Gasteiger partial charge in [-0.25, -0.2) is 0 Å². The van der Waals surface area contributed by atoms with Gasteiger partial charge in [-0.15, -0.1) is 0 Å². The number of nitrogens with two attached hydrogens (primary N) is 1. The van der Waals surface area contributed by atoms with Crippen LogP contribution < -0.4 is 5.73 Å². The van der Waals surface area contributed by atoms with Crippen LogP contribution >= 0.6 is 0 Å². The van der Waals surface area contributed by atoms with E-state index in [4.69, 9.17) is 10.5 Å². The molecule has 2 aliphatic rings. The maximum atomic E-state index is 12.0. The molecule has 4 heteroatoms. The Morgan fingerprint density at radius 1 is 1.50 bits per heavy atom. The zero-order valence-electron chi connectivity index (χ0n) is 11.8. The molecule has 0 aliphatic heterocycles. The second kappa shape index (κ2) is 5.17. The zero-order valence-corrected chi connectivity index (χ0v) is 11.8. The summed E-state index contributed by atoms with van der Waals surface area (Å²) in [5, 5.41) is 0. The van der Waals surface area contributed by atoms with Crippen LogP contribution in [0.15, 0.2) is 0 Å². The maximum Gasteiger partial charge on any atom is 0.239 e. The molecule has 1 spiro atoms. The lowest BCUT2D eigenvalue weighted by atomic mass is 9.60. The normalized spacial score (nSPS) is 31.1. The third-order valence-electron chi connectivity index (χ3n) is 4.85. The molecule has 2 aliphatic carbocycles. The van der Waals surface area contributed by atoms with Gasteiger partial charge in [0.2, 0.25) is 5.91 Å². The summed E-state index contributed by atoms with van der Waals surface area (Å²) in [6.07, 6.45) is 6.24. The van der Waals surface area contributed by atoms with E-state index in [9.17, 15) is 4.79 Å². The van der Waals surface area contributed by atoms with Crippen molar-refractivity contribution in [3.05, 3.63) is 0 Å². The van der Waals surface area contributed by atoms with Gasteiger partial charge in [0.25, 0.3) is 0 Å². The van der Waals surface area contributed by atoms with Crippen molar-refractivity contribution in [1.29, 1.82) is 0 Å². The number of hydrogen-bond acceptors (Lipinski definition) is 3. The largest absolute Gasteiger partial charge is 0.378 e. The van der Waals surface area contributed by atoms with Crippen LogP contribution in [0.5, 0.6) is 0 Å². The monoisotopic (exact) mass is 254 g/mol. The topological polar surface area (TPSA) is 55.6 Å². The van der Waals surface area contributed by atoms with E-state index >= 15 is 0 Å². The van der Waals surface area contributed by atoms with E-state index in [0.29, 0.717) is 12.1 Å². The van der Waals surface area contributed by atoms with Gasteiger partial charge in [-0.2, -0.15) is 0 Å². The molecule has 2 N–H and O–H groups in total. The minimum atomic E-state index is -0.403. The lowest BCUT2D eigenvalue weighted by molar-refractivity contribution is -0.172. The van der Waals surface area contributed by atoms with Gasteiger partial charge in [0, 0.05) is 25.1 Å². The van der Waals surface area contributed by atoms with Gasteiger partial charge < -0.3 is 15.4 Å². The summed E-state index contributed by atoms with van der Waals surface area (Å²) in [6, 6.07) is -0.0744. The van der Waals surface area contributed by atoms with Crippen molar-refractivity contribution in [3.63, 3.8) is 0 Å². The molecule has 0 aromatic rings. The van der Waals surface area contributed by atoms with E-state index in [1.54, 1.807) is 6.92 Å². The van der Waals surface area contributed by atoms with E-state index in [1.165, 1.54) is 25.7 Å². The van der Waals surface area contributed by atoms with Crippen molar-refractivity contribution in [3.8, 4) is 0 Å².